The molecule has 0 fully saturated rings. The van der Waals surface area contributed by atoms with Crippen LogP contribution in [-0.2, 0) is 16.1 Å². The van der Waals surface area contributed by atoms with Gasteiger partial charge in [-0.3, -0.25) is 14.5 Å². The molecule has 0 radical (unpaired) electrons. The Labute approximate surface area is 138 Å². The number of hydrogen-bond acceptors (Lipinski definition) is 7. The molecule has 3 aromatic heterocycles. The van der Waals surface area contributed by atoms with Gasteiger partial charge in [0.1, 0.15) is 17.9 Å². The lowest BCUT2D eigenvalue weighted by molar-refractivity contribution is -0.122. The molecule has 2 N–H and O–H groups in total. The lowest BCUT2D eigenvalue weighted by Crippen LogP contribution is -2.30. The van der Waals surface area contributed by atoms with Crippen LogP contribution in [0.1, 0.15) is 0 Å². The number of anilines is 2. The number of pyridine rings is 1. The lowest BCUT2D eigenvalue weighted by atomic mass is 10.4. The second-order valence-corrected chi connectivity index (χ2v) is 4.99. The molecular weight excluding hydrogens is 310 g/mol. The number of fused-ring (bicyclic) bond motifs is 1. The average Bonchev–Trinajstić information content (AvgIpc) is 3.02. The molecule has 9 heteroatoms. The number of amides is 1. The Bertz CT molecular complexity index is 833. The first-order valence-electron chi connectivity index (χ1n) is 7.37. The van der Waals surface area contributed by atoms with Crippen LogP contribution in [0, 0.1) is 0 Å². The number of aromatic nitrogens is 5. The second kappa shape index (κ2) is 7.47. The normalized spacial score (nSPS) is 10.7. The predicted molar refractivity (Wildman–Crippen MR) is 87.7 cm³/mol. The molecule has 0 spiro atoms. The molecular formula is C15H17N7O2. The smallest absolute Gasteiger partial charge is 0.241 e. The van der Waals surface area contributed by atoms with Gasteiger partial charge in [0.05, 0.1) is 18.5 Å². The minimum absolute atomic E-state index is 0.124. The number of hydrogen-bond donors (Lipinski definition) is 2. The molecule has 0 saturated carbocycles. The lowest BCUT2D eigenvalue weighted by Gasteiger charge is -2.04. The summed E-state index contributed by atoms with van der Waals surface area (Å²) in [5.74, 6) is 0.507. The van der Waals surface area contributed by atoms with E-state index >= 15 is 0 Å². The van der Waals surface area contributed by atoms with Crippen molar-refractivity contribution in [3.63, 3.8) is 0 Å². The first-order chi connectivity index (χ1) is 11.7. The Balaban J connectivity index is 1.61. The third-order valence-corrected chi connectivity index (χ3v) is 3.17. The van der Waals surface area contributed by atoms with E-state index in [-0.39, 0.29) is 12.5 Å². The standard InChI is InChI=1S/C15H17N7O2/c1-24-7-6-17-14(23)10-22-9-11(8-19-22)20-13-3-2-12-15(21-13)18-5-4-16-12/h2-5,8-9H,6-7,10H2,1H3,(H,17,23)(H,18,20,21). The zero-order valence-electron chi connectivity index (χ0n) is 13.1. The van der Waals surface area contributed by atoms with Crippen molar-refractivity contribution in [1.29, 1.82) is 0 Å². The molecule has 0 aliphatic carbocycles. The van der Waals surface area contributed by atoms with Crippen LogP contribution in [-0.4, -0.2) is 50.9 Å². The summed E-state index contributed by atoms with van der Waals surface area (Å²) < 4.78 is 6.43. The van der Waals surface area contributed by atoms with E-state index in [9.17, 15) is 4.79 Å². The first-order valence-corrected chi connectivity index (χ1v) is 7.37. The van der Waals surface area contributed by atoms with E-state index in [4.69, 9.17) is 4.74 Å². The Morgan fingerprint density at radius 2 is 2.17 bits per heavy atom. The summed E-state index contributed by atoms with van der Waals surface area (Å²) in [5.41, 5.74) is 2.02. The third kappa shape index (κ3) is 4.02. The van der Waals surface area contributed by atoms with Gasteiger partial charge in [-0.05, 0) is 12.1 Å². The van der Waals surface area contributed by atoms with E-state index in [0.717, 1.165) is 11.2 Å². The van der Waals surface area contributed by atoms with Crippen LogP contribution in [0.3, 0.4) is 0 Å². The maximum Gasteiger partial charge on any atom is 0.241 e. The number of rotatable bonds is 7. The fraction of sp³-hybridized carbons (Fsp3) is 0.267. The van der Waals surface area contributed by atoms with Gasteiger partial charge in [0.2, 0.25) is 5.91 Å². The third-order valence-electron chi connectivity index (χ3n) is 3.17. The summed E-state index contributed by atoms with van der Waals surface area (Å²) >= 11 is 0. The largest absolute Gasteiger partial charge is 0.383 e. The second-order valence-electron chi connectivity index (χ2n) is 4.99. The van der Waals surface area contributed by atoms with Gasteiger partial charge in [0, 0.05) is 32.2 Å². The summed E-state index contributed by atoms with van der Waals surface area (Å²) in [4.78, 5) is 24.4. The maximum absolute atomic E-state index is 11.7. The van der Waals surface area contributed by atoms with Gasteiger partial charge in [-0.25, -0.2) is 9.97 Å². The average molecular weight is 327 g/mol. The SMILES string of the molecule is COCCNC(=O)Cn1cc(Nc2ccc3nccnc3n2)cn1. The van der Waals surface area contributed by atoms with Crippen LogP contribution in [0.5, 0.6) is 0 Å². The van der Waals surface area contributed by atoms with Crippen LogP contribution in [0.4, 0.5) is 11.5 Å². The van der Waals surface area contributed by atoms with Crippen molar-refractivity contribution in [3.8, 4) is 0 Å². The highest BCUT2D eigenvalue weighted by Gasteiger charge is 2.06. The highest BCUT2D eigenvalue weighted by Crippen LogP contribution is 2.15. The highest BCUT2D eigenvalue weighted by atomic mass is 16.5. The van der Waals surface area contributed by atoms with E-state index in [1.54, 1.807) is 36.6 Å². The van der Waals surface area contributed by atoms with Crippen molar-refractivity contribution >= 4 is 28.6 Å². The quantitative estimate of drug-likeness (QED) is 0.616. The minimum atomic E-state index is -0.124. The zero-order chi connectivity index (χ0) is 16.8. The molecule has 3 aromatic rings. The van der Waals surface area contributed by atoms with Gasteiger partial charge in [-0.1, -0.05) is 0 Å². The number of ether oxygens (including phenoxy) is 1. The molecule has 0 aromatic carbocycles. The van der Waals surface area contributed by atoms with Crippen LogP contribution in [0.2, 0.25) is 0 Å². The molecule has 124 valence electrons. The Hall–Kier alpha value is -3.07. The summed E-state index contributed by atoms with van der Waals surface area (Å²) in [5, 5.41) is 10.0. The monoisotopic (exact) mass is 327 g/mol. The zero-order valence-corrected chi connectivity index (χ0v) is 13.1. The van der Waals surface area contributed by atoms with Crippen molar-refractivity contribution in [2.24, 2.45) is 0 Å². The number of methoxy groups -OCH3 is 1. The van der Waals surface area contributed by atoms with Gasteiger partial charge in [0.25, 0.3) is 0 Å². The van der Waals surface area contributed by atoms with E-state index in [1.807, 2.05) is 12.1 Å². The predicted octanol–water partition coefficient (Wildman–Crippen LogP) is 0.727. The molecule has 0 saturated heterocycles. The highest BCUT2D eigenvalue weighted by molar-refractivity contribution is 5.76. The Kier molecular flexibility index (Phi) is 4.92. The number of carbonyl (C=O) groups excluding carboxylic acids is 1. The fourth-order valence-corrected chi connectivity index (χ4v) is 2.08. The molecule has 0 bridgehead atoms. The topological polar surface area (TPSA) is 107 Å². The van der Waals surface area contributed by atoms with Crippen LogP contribution in [0.15, 0.2) is 36.9 Å². The molecule has 0 aliphatic heterocycles. The van der Waals surface area contributed by atoms with Gasteiger partial charge < -0.3 is 15.4 Å². The minimum Gasteiger partial charge on any atom is -0.383 e. The van der Waals surface area contributed by atoms with Gasteiger partial charge in [-0.2, -0.15) is 5.10 Å². The molecule has 0 unspecified atom stereocenters. The molecule has 24 heavy (non-hydrogen) atoms. The molecule has 3 rings (SSSR count). The number of nitrogens with one attached hydrogen (secondary N) is 2. The van der Waals surface area contributed by atoms with E-state index < -0.39 is 0 Å². The summed E-state index contributed by atoms with van der Waals surface area (Å²) in [7, 11) is 1.59. The summed E-state index contributed by atoms with van der Waals surface area (Å²) in [6.45, 7) is 1.10. The Morgan fingerprint density at radius 3 is 3.04 bits per heavy atom. The maximum atomic E-state index is 11.7. The van der Waals surface area contributed by atoms with E-state index in [0.29, 0.717) is 24.6 Å². The van der Waals surface area contributed by atoms with Gasteiger partial charge in [-0.15, -0.1) is 0 Å². The Morgan fingerprint density at radius 1 is 1.29 bits per heavy atom. The van der Waals surface area contributed by atoms with Gasteiger partial charge in [0.15, 0.2) is 5.65 Å². The molecule has 0 atom stereocenters. The van der Waals surface area contributed by atoms with E-state index in [2.05, 4.69) is 30.7 Å². The van der Waals surface area contributed by atoms with Crippen LogP contribution in [0.25, 0.3) is 11.2 Å². The van der Waals surface area contributed by atoms with Crippen LogP contribution < -0.4 is 10.6 Å². The van der Waals surface area contributed by atoms with Gasteiger partial charge >= 0.3 is 0 Å². The first kappa shape index (κ1) is 15.8. The number of nitrogens with zero attached hydrogens (tertiary/aromatic N) is 5. The van der Waals surface area contributed by atoms with Crippen molar-refractivity contribution < 1.29 is 9.53 Å². The van der Waals surface area contributed by atoms with Crippen molar-refractivity contribution in [2.45, 2.75) is 6.54 Å². The van der Waals surface area contributed by atoms with Crippen molar-refractivity contribution in [1.82, 2.24) is 30.0 Å². The fourth-order valence-electron chi connectivity index (χ4n) is 2.08. The summed E-state index contributed by atoms with van der Waals surface area (Å²) in [6.07, 6.45) is 6.58. The van der Waals surface area contributed by atoms with Crippen molar-refractivity contribution in [2.75, 3.05) is 25.6 Å². The molecule has 9 nitrogen and oxygen atoms in total. The van der Waals surface area contributed by atoms with Crippen molar-refractivity contribution in [3.05, 3.63) is 36.9 Å². The van der Waals surface area contributed by atoms with Crippen LogP contribution >= 0.6 is 0 Å². The van der Waals surface area contributed by atoms with E-state index in [1.165, 1.54) is 0 Å². The number of carbonyl (C=O) groups is 1. The molecule has 1 amide bonds. The molecule has 3 heterocycles. The summed E-state index contributed by atoms with van der Waals surface area (Å²) in [6, 6.07) is 3.65. The molecule has 0 aliphatic rings.